The Balaban J connectivity index is 2.73. The fraction of sp³-hybridized carbons (Fsp3) is 0.929. The lowest BCUT2D eigenvalue weighted by molar-refractivity contribution is 0.0755. The maximum atomic E-state index is 4.52. The summed E-state index contributed by atoms with van der Waals surface area (Å²) < 4.78 is 0. The van der Waals surface area contributed by atoms with E-state index in [0.717, 1.165) is 19.5 Å². The van der Waals surface area contributed by atoms with Crippen LogP contribution in [0.2, 0.25) is 0 Å². The summed E-state index contributed by atoms with van der Waals surface area (Å²) in [6, 6.07) is 0. The third-order valence-electron chi connectivity index (χ3n) is 2.85. The van der Waals surface area contributed by atoms with Gasteiger partial charge < -0.3 is 4.90 Å². The molecule has 1 aliphatic rings. The zero-order chi connectivity index (χ0) is 13.3. The summed E-state index contributed by atoms with van der Waals surface area (Å²) in [6.07, 6.45) is 3.60. The highest BCUT2D eigenvalue weighted by atomic mass is 15.6. The van der Waals surface area contributed by atoms with E-state index in [0.29, 0.717) is 17.0 Å². The highest BCUT2D eigenvalue weighted by molar-refractivity contribution is 5.57. The van der Waals surface area contributed by atoms with E-state index in [4.69, 9.17) is 0 Å². The van der Waals surface area contributed by atoms with Crippen LogP contribution < -0.4 is 0 Å². The molecule has 0 amide bonds. The SMILES string of the molecule is CCN1N=CN(CC(C)(C)C)C1CC(C)(C)C. The Morgan fingerprint density at radius 1 is 1.06 bits per heavy atom. The number of hydrogen-bond acceptors (Lipinski definition) is 3. The minimum Gasteiger partial charge on any atom is -0.339 e. The Morgan fingerprint density at radius 2 is 1.65 bits per heavy atom. The van der Waals surface area contributed by atoms with Gasteiger partial charge in [-0.3, -0.25) is 5.01 Å². The van der Waals surface area contributed by atoms with Crippen LogP contribution in [0, 0.1) is 10.8 Å². The predicted octanol–water partition coefficient (Wildman–Crippen LogP) is 3.38. The molecule has 1 rings (SSSR count). The molecule has 1 heterocycles. The normalized spacial score (nSPS) is 21.5. The lowest BCUT2D eigenvalue weighted by Crippen LogP contribution is -2.45. The number of nitrogens with zero attached hydrogens (tertiary/aromatic N) is 3. The third kappa shape index (κ3) is 4.57. The van der Waals surface area contributed by atoms with Crippen molar-refractivity contribution in [2.75, 3.05) is 13.1 Å². The van der Waals surface area contributed by atoms with Crippen molar-refractivity contribution in [3.8, 4) is 0 Å². The van der Waals surface area contributed by atoms with Crippen molar-refractivity contribution in [3.63, 3.8) is 0 Å². The highest BCUT2D eigenvalue weighted by Crippen LogP contribution is 2.29. The minimum atomic E-state index is 0.311. The van der Waals surface area contributed by atoms with Gasteiger partial charge in [0.2, 0.25) is 0 Å². The lowest BCUT2D eigenvalue weighted by atomic mass is 9.89. The molecule has 3 heteroatoms. The fourth-order valence-electron chi connectivity index (χ4n) is 2.21. The molecular weight excluding hydrogens is 210 g/mol. The largest absolute Gasteiger partial charge is 0.339 e. The summed E-state index contributed by atoms with van der Waals surface area (Å²) in [4.78, 5) is 2.40. The molecule has 0 aromatic carbocycles. The van der Waals surface area contributed by atoms with E-state index in [-0.39, 0.29) is 0 Å². The third-order valence-corrected chi connectivity index (χ3v) is 2.85. The number of hydrogen-bond donors (Lipinski definition) is 0. The zero-order valence-electron chi connectivity index (χ0n) is 12.6. The molecule has 0 aromatic heterocycles. The van der Waals surface area contributed by atoms with E-state index in [1.807, 2.05) is 6.34 Å². The minimum absolute atomic E-state index is 0.311. The maximum Gasteiger partial charge on any atom is 0.119 e. The van der Waals surface area contributed by atoms with E-state index in [1.54, 1.807) is 0 Å². The highest BCUT2D eigenvalue weighted by Gasteiger charge is 2.32. The van der Waals surface area contributed by atoms with Gasteiger partial charge in [-0.15, -0.1) is 0 Å². The smallest absolute Gasteiger partial charge is 0.119 e. The first kappa shape index (κ1) is 14.3. The van der Waals surface area contributed by atoms with Crippen molar-refractivity contribution in [1.29, 1.82) is 0 Å². The molecule has 0 radical (unpaired) electrons. The van der Waals surface area contributed by atoms with E-state index < -0.39 is 0 Å². The molecule has 0 aromatic rings. The average Bonchev–Trinajstić information content (AvgIpc) is 2.43. The van der Waals surface area contributed by atoms with Gasteiger partial charge in [-0.1, -0.05) is 41.5 Å². The van der Waals surface area contributed by atoms with Crippen molar-refractivity contribution < 1.29 is 0 Å². The predicted molar refractivity (Wildman–Crippen MR) is 74.9 cm³/mol. The second-order valence-electron chi connectivity index (χ2n) is 7.47. The Hall–Kier alpha value is -0.730. The lowest BCUT2D eigenvalue weighted by Gasteiger charge is -2.37. The van der Waals surface area contributed by atoms with Crippen LogP contribution in [0.4, 0.5) is 0 Å². The fourth-order valence-corrected chi connectivity index (χ4v) is 2.21. The molecule has 1 atom stereocenters. The molecule has 1 aliphatic heterocycles. The first-order valence-corrected chi connectivity index (χ1v) is 6.69. The first-order chi connectivity index (χ1) is 7.62. The summed E-state index contributed by atoms with van der Waals surface area (Å²) in [5.74, 6) is 0. The molecule has 0 fully saturated rings. The van der Waals surface area contributed by atoms with Gasteiger partial charge in [0.15, 0.2) is 0 Å². The molecule has 1 unspecified atom stereocenters. The van der Waals surface area contributed by atoms with Crippen molar-refractivity contribution in [3.05, 3.63) is 0 Å². The van der Waals surface area contributed by atoms with Crippen molar-refractivity contribution in [2.24, 2.45) is 15.9 Å². The van der Waals surface area contributed by atoms with Gasteiger partial charge in [0, 0.05) is 13.1 Å². The van der Waals surface area contributed by atoms with Gasteiger partial charge >= 0.3 is 0 Å². The standard InChI is InChI=1S/C14H29N3/c1-8-17-12(9-13(2,3)4)16(11-15-17)10-14(5,6)7/h11-12H,8-10H2,1-7H3. The van der Waals surface area contributed by atoms with E-state index in [9.17, 15) is 0 Å². The topological polar surface area (TPSA) is 18.8 Å². The van der Waals surface area contributed by atoms with Gasteiger partial charge in [0.25, 0.3) is 0 Å². The van der Waals surface area contributed by atoms with Crippen LogP contribution in [-0.4, -0.2) is 35.5 Å². The van der Waals surface area contributed by atoms with Gasteiger partial charge in [-0.25, -0.2) is 0 Å². The van der Waals surface area contributed by atoms with E-state index >= 15 is 0 Å². The molecule has 100 valence electrons. The van der Waals surface area contributed by atoms with Gasteiger partial charge in [0.05, 0.1) is 0 Å². The van der Waals surface area contributed by atoms with Crippen LogP contribution >= 0.6 is 0 Å². The molecule has 0 saturated heterocycles. The van der Waals surface area contributed by atoms with Crippen LogP contribution in [0.25, 0.3) is 0 Å². The summed E-state index contributed by atoms with van der Waals surface area (Å²) in [5, 5.41) is 6.72. The zero-order valence-corrected chi connectivity index (χ0v) is 12.6. The molecule has 3 nitrogen and oxygen atoms in total. The maximum absolute atomic E-state index is 4.52. The summed E-state index contributed by atoms with van der Waals surface area (Å²) in [7, 11) is 0. The number of rotatable bonds is 3. The van der Waals surface area contributed by atoms with Crippen molar-refractivity contribution in [2.45, 2.75) is 61.1 Å². The van der Waals surface area contributed by atoms with Gasteiger partial charge in [-0.2, -0.15) is 5.10 Å². The van der Waals surface area contributed by atoms with Crippen molar-refractivity contribution in [1.82, 2.24) is 9.91 Å². The van der Waals surface area contributed by atoms with Crippen LogP contribution in [0.1, 0.15) is 54.9 Å². The number of hydrazone groups is 1. The van der Waals surface area contributed by atoms with Crippen LogP contribution in [0.15, 0.2) is 5.10 Å². The molecule has 0 N–H and O–H groups in total. The van der Waals surface area contributed by atoms with E-state index in [1.165, 1.54) is 0 Å². The van der Waals surface area contributed by atoms with Crippen LogP contribution in [-0.2, 0) is 0 Å². The summed E-state index contributed by atoms with van der Waals surface area (Å²) in [6.45, 7) is 18.0. The molecule has 0 bridgehead atoms. The molecule has 17 heavy (non-hydrogen) atoms. The second kappa shape index (κ2) is 4.87. The monoisotopic (exact) mass is 239 g/mol. The second-order valence-corrected chi connectivity index (χ2v) is 7.47. The van der Waals surface area contributed by atoms with E-state index in [2.05, 4.69) is 63.5 Å². The summed E-state index contributed by atoms with van der Waals surface area (Å²) in [5.41, 5.74) is 0.647. The molecular formula is C14H29N3. The average molecular weight is 239 g/mol. The Labute approximate surface area is 107 Å². The first-order valence-electron chi connectivity index (χ1n) is 6.69. The van der Waals surface area contributed by atoms with Crippen LogP contribution in [0.3, 0.4) is 0 Å². The molecule has 0 aliphatic carbocycles. The Bertz CT molecular complexity index is 270. The molecule has 0 spiro atoms. The Kier molecular flexibility index (Phi) is 4.11. The van der Waals surface area contributed by atoms with Crippen LogP contribution in [0.5, 0.6) is 0 Å². The van der Waals surface area contributed by atoms with Crippen molar-refractivity contribution >= 4 is 6.34 Å². The van der Waals surface area contributed by atoms with Gasteiger partial charge in [-0.05, 0) is 24.2 Å². The van der Waals surface area contributed by atoms with Gasteiger partial charge in [0.1, 0.15) is 12.5 Å². The quantitative estimate of drug-likeness (QED) is 0.752. The Morgan fingerprint density at radius 3 is 2.06 bits per heavy atom. The summed E-state index contributed by atoms with van der Waals surface area (Å²) >= 11 is 0. The molecule has 0 saturated carbocycles.